The van der Waals surface area contributed by atoms with Crippen LogP contribution in [0.3, 0.4) is 0 Å². The number of hydrogen-bond donors (Lipinski definition) is 2. The second kappa shape index (κ2) is 5.20. The average molecular weight is 334 g/mol. The maximum Gasteiger partial charge on any atom is 0.326 e. The van der Waals surface area contributed by atoms with E-state index in [1.165, 1.54) is 4.90 Å². The molecular formula is C18H26N2O4. The van der Waals surface area contributed by atoms with Crippen LogP contribution in [0.25, 0.3) is 0 Å². The molecule has 4 atom stereocenters. The largest absolute Gasteiger partial charge is 0.480 e. The predicted molar refractivity (Wildman–Crippen MR) is 85.9 cm³/mol. The molecule has 4 aliphatic rings. The molecule has 0 radical (unpaired) electrons. The Morgan fingerprint density at radius 2 is 1.88 bits per heavy atom. The number of hydrogen-bond acceptors (Lipinski definition) is 3. The first kappa shape index (κ1) is 15.9. The summed E-state index contributed by atoms with van der Waals surface area (Å²) in [5.41, 5.74) is 0.00306. The van der Waals surface area contributed by atoms with Crippen molar-refractivity contribution in [2.24, 2.45) is 29.1 Å². The van der Waals surface area contributed by atoms with Gasteiger partial charge in [-0.1, -0.05) is 26.7 Å². The van der Waals surface area contributed by atoms with E-state index in [0.717, 1.165) is 25.7 Å². The van der Waals surface area contributed by atoms with Crippen molar-refractivity contribution in [3.05, 3.63) is 0 Å². The maximum absolute atomic E-state index is 13.0. The van der Waals surface area contributed by atoms with Gasteiger partial charge in [0.25, 0.3) is 0 Å². The van der Waals surface area contributed by atoms with Gasteiger partial charge in [-0.2, -0.15) is 0 Å². The lowest BCUT2D eigenvalue weighted by Crippen LogP contribution is -2.54. The van der Waals surface area contributed by atoms with Crippen LogP contribution < -0.4 is 5.32 Å². The van der Waals surface area contributed by atoms with Crippen LogP contribution in [0.5, 0.6) is 0 Å². The third kappa shape index (κ3) is 2.60. The van der Waals surface area contributed by atoms with E-state index in [0.29, 0.717) is 18.9 Å². The van der Waals surface area contributed by atoms with Crippen LogP contribution in [0.15, 0.2) is 0 Å². The molecule has 0 unspecified atom stereocenters. The molecule has 2 N–H and O–H groups in total. The second-order valence-electron chi connectivity index (χ2n) is 8.74. The van der Waals surface area contributed by atoms with Crippen LogP contribution >= 0.6 is 0 Å². The summed E-state index contributed by atoms with van der Waals surface area (Å²) in [7, 11) is 0. The van der Waals surface area contributed by atoms with E-state index < -0.39 is 18.1 Å². The number of carboxylic acid groups (broad SMARTS) is 1. The first-order valence-corrected chi connectivity index (χ1v) is 9.14. The Hall–Kier alpha value is -1.59. The number of nitrogens with one attached hydrogen (secondary N) is 1. The minimum Gasteiger partial charge on any atom is -0.480 e. The van der Waals surface area contributed by atoms with Gasteiger partial charge in [-0.25, -0.2) is 4.79 Å². The lowest BCUT2D eigenvalue weighted by atomic mass is 9.99. The number of likely N-dealkylation sites (tertiary alicyclic amines) is 1. The number of rotatable bonds is 6. The minimum atomic E-state index is -0.917. The molecule has 0 aromatic heterocycles. The van der Waals surface area contributed by atoms with Gasteiger partial charge in [-0.05, 0) is 36.5 Å². The normalized spacial score (nSPS) is 34.4. The van der Waals surface area contributed by atoms with E-state index in [1.54, 1.807) is 0 Å². The van der Waals surface area contributed by atoms with Gasteiger partial charge in [-0.15, -0.1) is 0 Å². The fraction of sp³-hybridized carbons (Fsp3) is 0.833. The van der Waals surface area contributed by atoms with Crippen LogP contribution in [0.2, 0.25) is 0 Å². The highest BCUT2D eigenvalue weighted by Gasteiger charge is 2.69. The van der Waals surface area contributed by atoms with Gasteiger partial charge in [-0.3, -0.25) is 9.59 Å². The molecule has 4 rings (SSSR count). The summed E-state index contributed by atoms with van der Waals surface area (Å²) in [5.74, 6) is -0.282. The van der Waals surface area contributed by atoms with Gasteiger partial charge in [0.1, 0.15) is 12.1 Å². The van der Waals surface area contributed by atoms with E-state index in [9.17, 15) is 19.5 Å². The van der Waals surface area contributed by atoms with Crippen LogP contribution in [0.4, 0.5) is 0 Å². The molecule has 2 amide bonds. The Morgan fingerprint density at radius 1 is 1.21 bits per heavy atom. The van der Waals surface area contributed by atoms with Crippen molar-refractivity contribution < 1.29 is 19.5 Å². The maximum atomic E-state index is 13.0. The molecule has 24 heavy (non-hydrogen) atoms. The quantitative estimate of drug-likeness (QED) is 0.765. The van der Waals surface area contributed by atoms with E-state index >= 15 is 0 Å². The Bertz CT molecular complexity index is 594. The first-order valence-electron chi connectivity index (χ1n) is 9.14. The van der Waals surface area contributed by atoms with Crippen LogP contribution in [0, 0.1) is 29.1 Å². The summed E-state index contributed by atoms with van der Waals surface area (Å²) in [6, 6.07) is -1.29. The Labute approximate surface area is 142 Å². The fourth-order valence-corrected chi connectivity index (χ4v) is 4.54. The summed E-state index contributed by atoms with van der Waals surface area (Å²) < 4.78 is 0. The average Bonchev–Trinajstić information content (AvgIpc) is 3.41. The molecule has 1 aliphatic heterocycles. The summed E-state index contributed by atoms with van der Waals surface area (Å²) >= 11 is 0. The van der Waals surface area contributed by atoms with Crippen molar-refractivity contribution in [2.45, 2.75) is 58.0 Å². The standard InChI is InChI=1S/C18H26N2O4/c1-18(2)11-8-20(14(13(11)18)17(23)24)16(22)12(7-9-3-4-9)19-15(21)10-5-6-10/h9-14H,3-8H2,1-2H3,(H,19,21)(H,23,24)/t11-,12-,13-,14-/m0/s1. The first-order chi connectivity index (χ1) is 11.3. The molecular weight excluding hydrogens is 308 g/mol. The zero-order valence-electron chi connectivity index (χ0n) is 14.3. The molecule has 0 bridgehead atoms. The molecule has 1 saturated heterocycles. The number of carboxylic acids is 1. The minimum absolute atomic E-state index is 0.00306. The van der Waals surface area contributed by atoms with E-state index in [2.05, 4.69) is 19.2 Å². The monoisotopic (exact) mass is 334 g/mol. The lowest BCUT2D eigenvalue weighted by molar-refractivity contribution is -0.151. The Kier molecular flexibility index (Phi) is 3.45. The van der Waals surface area contributed by atoms with Crippen molar-refractivity contribution in [3.8, 4) is 0 Å². The summed E-state index contributed by atoms with van der Waals surface area (Å²) in [4.78, 5) is 38.4. The van der Waals surface area contributed by atoms with Crippen molar-refractivity contribution in [1.29, 1.82) is 0 Å². The number of amides is 2. The molecule has 0 spiro atoms. The van der Waals surface area contributed by atoms with Gasteiger partial charge < -0.3 is 15.3 Å². The summed E-state index contributed by atoms with van der Waals surface area (Å²) in [6.07, 6.45) is 4.65. The van der Waals surface area contributed by atoms with Gasteiger partial charge in [0, 0.05) is 18.4 Å². The van der Waals surface area contributed by atoms with E-state index in [4.69, 9.17) is 0 Å². The number of carbonyl (C=O) groups is 3. The molecule has 0 aromatic carbocycles. The van der Waals surface area contributed by atoms with Crippen molar-refractivity contribution >= 4 is 17.8 Å². The van der Waals surface area contributed by atoms with Crippen LogP contribution in [0.1, 0.15) is 46.0 Å². The molecule has 3 aliphatic carbocycles. The smallest absolute Gasteiger partial charge is 0.326 e. The zero-order valence-corrected chi connectivity index (χ0v) is 14.3. The Balaban J connectivity index is 1.48. The molecule has 1 heterocycles. The number of nitrogens with zero attached hydrogens (tertiary/aromatic N) is 1. The summed E-state index contributed by atoms with van der Waals surface area (Å²) in [6.45, 7) is 4.67. The highest BCUT2D eigenvalue weighted by molar-refractivity contribution is 5.92. The molecule has 6 nitrogen and oxygen atoms in total. The van der Waals surface area contributed by atoms with Crippen molar-refractivity contribution in [1.82, 2.24) is 10.2 Å². The van der Waals surface area contributed by atoms with Crippen molar-refractivity contribution in [3.63, 3.8) is 0 Å². The number of aliphatic carboxylic acids is 1. The summed E-state index contributed by atoms with van der Waals surface area (Å²) in [5, 5.41) is 12.6. The number of fused-ring (bicyclic) bond motifs is 1. The lowest BCUT2D eigenvalue weighted by Gasteiger charge is -2.31. The molecule has 0 aromatic rings. The molecule has 3 saturated carbocycles. The topological polar surface area (TPSA) is 86.7 Å². The molecule has 6 heteroatoms. The molecule has 132 valence electrons. The van der Waals surface area contributed by atoms with Gasteiger partial charge in [0.2, 0.25) is 11.8 Å². The third-order valence-corrected chi connectivity index (χ3v) is 6.57. The zero-order chi connectivity index (χ0) is 17.2. The fourth-order valence-electron chi connectivity index (χ4n) is 4.54. The van der Waals surface area contributed by atoms with Gasteiger partial charge in [0.05, 0.1) is 0 Å². The molecule has 4 fully saturated rings. The SMILES string of the molecule is CC1(C)[C@@H]2[C@@H](C(=O)O)N(C(=O)[C@H](CC3CC3)NC(=O)C3CC3)C[C@@H]21. The van der Waals surface area contributed by atoms with E-state index in [1.807, 2.05) is 0 Å². The third-order valence-electron chi connectivity index (χ3n) is 6.57. The van der Waals surface area contributed by atoms with Crippen LogP contribution in [-0.2, 0) is 14.4 Å². The number of carbonyl (C=O) groups excluding carboxylic acids is 2. The Morgan fingerprint density at radius 3 is 2.42 bits per heavy atom. The van der Waals surface area contributed by atoms with E-state index in [-0.39, 0.29) is 35.0 Å². The van der Waals surface area contributed by atoms with Crippen molar-refractivity contribution in [2.75, 3.05) is 6.54 Å². The number of piperidine rings is 1. The van der Waals surface area contributed by atoms with Crippen LogP contribution in [-0.4, -0.2) is 46.4 Å². The highest BCUT2D eigenvalue weighted by atomic mass is 16.4. The van der Waals surface area contributed by atoms with Gasteiger partial charge >= 0.3 is 5.97 Å². The van der Waals surface area contributed by atoms with Gasteiger partial charge in [0.15, 0.2) is 0 Å². The second-order valence-corrected chi connectivity index (χ2v) is 8.74. The predicted octanol–water partition coefficient (Wildman–Crippen LogP) is 1.25. The highest BCUT2D eigenvalue weighted by Crippen LogP contribution is 2.64.